The van der Waals surface area contributed by atoms with Crippen LogP contribution in [0.25, 0.3) is 11.0 Å². The van der Waals surface area contributed by atoms with Crippen molar-refractivity contribution in [1.82, 2.24) is 9.97 Å². The molecule has 1 fully saturated rings. The zero-order valence-corrected chi connectivity index (χ0v) is 13.7. The van der Waals surface area contributed by atoms with Gasteiger partial charge in [0.2, 0.25) is 0 Å². The summed E-state index contributed by atoms with van der Waals surface area (Å²) in [6.45, 7) is 4.60. The van der Waals surface area contributed by atoms with E-state index >= 15 is 0 Å². The van der Waals surface area contributed by atoms with Gasteiger partial charge < -0.3 is 14.6 Å². The lowest BCUT2D eigenvalue weighted by Crippen LogP contribution is -2.41. The van der Waals surface area contributed by atoms with Gasteiger partial charge in [-0.2, -0.15) is 18.4 Å². The molecule has 0 saturated carbocycles. The maximum Gasteiger partial charge on any atom is 0.434 e. The van der Waals surface area contributed by atoms with Crippen molar-refractivity contribution in [3.05, 3.63) is 22.0 Å². The summed E-state index contributed by atoms with van der Waals surface area (Å²) in [5.74, 6) is 0. The molecule has 2 aromatic heterocycles. The third kappa shape index (κ3) is 2.68. The normalized spacial score (nSPS) is 18.9. The van der Waals surface area contributed by atoms with Crippen molar-refractivity contribution in [2.75, 3.05) is 24.6 Å². The molecule has 128 valence electrons. The summed E-state index contributed by atoms with van der Waals surface area (Å²) in [5.41, 5.74) is -0.662. The molecule has 2 aromatic rings. The summed E-state index contributed by atoms with van der Waals surface area (Å²) in [7, 11) is 0. The lowest BCUT2D eigenvalue weighted by Gasteiger charge is -2.34. The quantitative estimate of drug-likeness (QED) is 0.845. The predicted octanol–water partition coefficient (Wildman–Crippen LogP) is 3.64. The van der Waals surface area contributed by atoms with Gasteiger partial charge in [0.25, 0.3) is 0 Å². The van der Waals surface area contributed by atoms with Crippen molar-refractivity contribution >= 4 is 28.3 Å². The number of aromatic nitrogens is 2. The number of ether oxygens (including phenoxy) is 1. The number of morpholine rings is 1. The lowest BCUT2D eigenvalue weighted by molar-refractivity contribution is -0.141. The van der Waals surface area contributed by atoms with Crippen LogP contribution >= 0.6 is 11.6 Å². The first-order valence-corrected chi connectivity index (χ1v) is 7.67. The Morgan fingerprint density at radius 3 is 2.75 bits per heavy atom. The number of halogens is 4. The Morgan fingerprint density at radius 1 is 1.46 bits per heavy atom. The molecule has 24 heavy (non-hydrogen) atoms. The van der Waals surface area contributed by atoms with Crippen molar-refractivity contribution in [3.63, 3.8) is 0 Å². The Kier molecular flexibility index (Phi) is 4.10. The summed E-state index contributed by atoms with van der Waals surface area (Å²) in [4.78, 5) is 8.33. The molecule has 1 saturated heterocycles. The number of anilines is 1. The van der Waals surface area contributed by atoms with Gasteiger partial charge in [-0.1, -0.05) is 11.6 Å². The third-order valence-electron chi connectivity index (χ3n) is 3.96. The summed E-state index contributed by atoms with van der Waals surface area (Å²) in [5, 5.41) is 9.53. The van der Waals surface area contributed by atoms with Gasteiger partial charge in [0.05, 0.1) is 28.9 Å². The summed E-state index contributed by atoms with van der Waals surface area (Å²) in [6.07, 6.45) is -4.91. The van der Waals surface area contributed by atoms with E-state index in [1.54, 1.807) is 17.9 Å². The highest BCUT2D eigenvalue weighted by Gasteiger charge is 2.39. The summed E-state index contributed by atoms with van der Waals surface area (Å²) < 4.78 is 45.7. The molecule has 0 aromatic carbocycles. The highest BCUT2D eigenvalue weighted by atomic mass is 35.5. The van der Waals surface area contributed by atoms with Gasteiger partial charge in [-0.15, -0.1) is 0 Å². The number of nitrogens with one attached hydrogen (secondary N) is 1. The van der Waals surface area contributed by atoms with Gasteiger partial charge in [0, 0.05) is 18.8 Å². The molecule has 3 heterocycles. The maximum atomic E-state index is 13.4. The second-order valence-electron chi connectivity index (χ2n) is 5.71. The van der Waals surface area contributed by atoms with Gasteiger partial charge in [-0.05, 0) is 13.8 Å². The van der Waals surface area contributed by atoms with Gasteiger partial charge in [-0.3, -0.25) is 0 Å². The van der Waals surface area contributed by atoms with Crippen LogP contribution in [0.2, 0.25) is 5.02 Å². The van der Waals surface area contributed by atoms with E-state index in [0.29, 0.717) is 30.9 Å². The monoisotopic (exact) mass is 358 g/mol. The highest BCUT2D eigenvalue weighted by molar-refractivity contribution is 6.36. The average Bonchev–Trinajstić information content (AvgIpc) is 2.79. The molecule has 9 heteroatoms. The van der Waals surface area contributed by atoms with Crippen LogP contribution < -0.4 is 4.90 Å². The molecule has 1 N–H and O–H groups in total. The second-order valence-corrected chi connectivity index (χ2v) is 6.09. The Labute approximate surface area is 141 Å². The Balaban J connectivity index is 2.36. The van der Waals surface area contributed by atoms with Crippen molar-refractivity contribution < 1.29 is 17.9 Å². The number of hydrogen-bond acceptors (Lipinski definition) is 4. The van der Waals surface area contributed by atoms with E-state index in [0.717, 1.165) is 0 Å². The fourth-order valence-electron chi connectivity index (χ4n) is 2.92. The van der Waals surface area contributed by atoms with Crippen molar-refractivity contribution in [3.8, 4) is 6.07 Å². The molecule has 3 rings (SSSR count). The van der Waals surface area contributed by atoms with E-state index < -0.39 is 17.4 Å². The van der Waals surface area contributed by atoms with Crippen LogP contribution in [0, 0.1) is 18.3 Å². The number of aromatic amines is 1. The van der Waals surface area contributed by atoms with Crippen LogP contribution in [0.3, 0.4) is 0 Å². The first kappa shape index (κ1) is 16.9. The number of aryl methyl sites for hydroxylation is 1. The van der Waals surface area contributed by atoms with Crippen LogP contribution in [0.5, 0.6) is 0 Å². The molecule has 5 nitrogen and oxygen atoms in total. The predicted molar refractivity (Wildman–Crippen MR) is 83.2 cm³/mol. The van der Waals surface area contributed by atoms with Crippen molar-refractivity contribution in [2.45, 2.75) is 26.1 Å². The number of hydrogen-bond donors (Lipinski definition) is 1. The molecule has 0 amide bonds. The number of pyridine rings is 1. The van der Waals surface area contributed by atoms with Gasteiger partial charge in [-0.25, -0.2) is 4.98 Å². The minimum atomic E-state index is -4.75. The molecule has 0 radical (unpaired) electrons. The number of H-pyrrole nitrogens is 1. The number of nitrogens with zero attached hydrogens (tertiary/aromatic N) is 3. The minimum Gasteiger partial charge on any atom is -0.375 e. The standard InChI is InChI=1S/C15H14ClF3N4O/c1-7-6-23(3-4-24-7)13-9(5-20)14(15(17,18)19)22-11-10(16)8(2)21-12(11)13/h7,21H,3-4,6H2,1-2H3/t7-/m1/s1. The molecule has 0 bridgehead atoms. The first-order valence-electron chi connectivity index (χ1n) is 7.29. The van der Waals surface area contributed by atoms with Crippen LogP contribution in [-0.2, 0) is 10.9 Å². The molecule has 0 unspecified atom stereocenters. The van der Waals surface area contributed by atoms with Gasteiger partial charge in [0.15, 0.2) is 5.69 Å². The van der Waals surface area contributed by atoms with E-state index in [9.17, 15) is 18.4 Å². The summed E-state index contributed by atoms with van der Waals surface area (Å²) >= 11 is 6.11. The number of alkyl halides is 3. The van der Waals surface area contributed by atoms with Crippen LogP contribution in [0.15, 0.2) is 0 Å². The average molecular weight is 359 g/mol. The minimum absolute atomic E-state index is 0.0228. The van der Waals surface area contributed by atoms with Crippen LogP contribution in [0.4, 0.5) is 18.9 Å². The Morgan fingerprint density at radius 2 is 2.17 bits per heavy atom. The SMILES string of the molecule is Cc1[nH]c2c(N3CCO[C@H](C)C3)c(C#N)c(C(F)(F)F)nc2c1Cl. The largest absolute Gasteiger partial charge is 0.434 e. The van der Waals surface area contributed by atoms with Gasteiger partial charge >= 0.3 is 6.18 Å². The van der Waals surface area contributed by atoms with Crippen molar-refractivity contribution in [2.24, 2.45) is 0 Å². The molecule has 0 aliphatic carbocycles. The van der Waals surface area contributed by atoms with E-state index in [1.165, 1.54) is 0 Å². The molecule has 1 aliphatic rings. The molecule has 1 aliphatic heterocycles. The Bertz CT molecular complexity index is 840. The van der Waals surface area contributed by atoms with E-state index in [-0.39, 0.29) is 22.3 Å². The van der Waals surface area contributed by atoms with Gasteiger partial charge in [0.1, 0.15) is 17.1 Å². The molecular weight excluding hydrogens is 345 g/mol. The Hall–Kier alpha value is -1.98. The molecular formula is C15H14ClF3N4O. The fraction of sp³-hybridized carbons (Fsp3) is 0.467. The second kappa shape index (κ2) is 5.83. The zero-order chi connectivity index (χ0) is 17.6. The number of rotatable bonds is 1. The lowest BCUT2D eigenvalue weighted by atomic mass is 10.1. The molecule has 0 spiro atoms. The summed E-state index contributed by atoms with van der Waals surface area (Å²) in [6, 6.07) is 1.68. The van der Waals surface area contributed by atoms with Crippen LogP contribution in [0.1, 0.15) is 23.9 Å². The molecule has 1 atom stereocenters. The van der Waals surface area contributed by atoms with E-state index in [1.807, 2.05) is 6.92 Å². The fourth-order valence-corrected chi connectivity index (χ4v) is 3.10. The third-order valence-corrected chi connectivity index (χ3v) is 4.42. The number of fused-ring (bicyclic) bond motifs is 1. The number of nitriles is 1. The first-order chi connectivity index (χ1) is 11.2. The zero-order valence-electron chi connectivity index (χ0n) is 13.0. The smallest absolute Gasteiger partial charge is 0.375 e. The maximum absolute atomic E-state index is 13.4. The van der Waals surface area contributed by atoms with Crippen molar-refractivity contribution in [1.29, 1.82) is 5.26 Å². The topological polar surface area (TPSA) is 64.9 Å². The highest BCUT2D eigenvalue weighted by Crippen LogP contribution is 2.41. The van der Waals surface area contributed by atoms with E-state index in [2.05, 4.69) is 9.97 Å². The van der Waals surface area contributed by atoms with Crippen LogP contribution in [-0.4, -0.2) is 35.8 Å². The van der Waals surface area contributed by atoms with E-state index in [4.69, 9.17) is 16.3 Å².